The number of pyridine rings is 1. The summed E-state index contributed by atoms with van der Waals surface area (Å²) in [5, 5.41) is 4.63. The molecule has 2 aromatic heterocycles. The number of nitrogens with zero attached hydrogens (tertiary/aromatic N) is 4. The van der Waals surface area contributed by atoms with Gasteiger partial charge < -0.3 is 19.1 Å². The van der Waals surface area contributed by atoms with Gasteiger partial charge in [-0.05, 0) is 32.4 Å². The molecule has 1 saturated heterocycles. The van der Waals surface area contributed by atoms with Crippen LogP contribution in [0.15, 0.2) is 18.3 Å². The largest absolute Gasteiger partial charge is 0.474 e. The van der Waals surface area contributed by atoms with Crippen LogP contribution in [0.4, 0.5) is 5.82 Å². The fourth-order valence-corrected chi connectivity index (χ4v) is 3.70. The van der Waals surface area contributed by atoms with Gasteiger partial charge in [0.15, 0.2) is 0 Å². The number of hydrogen-bond acceptors (Lipinski definition) is 7. The van der Waals surface area contributed by atoms with Crippen LogP contribution >= 0.6 is 0 Å². The third-order valence-electron chi connectivity index (χ3n) is 5.27. The van der Waals surface area contributed by atoms with Crippen molar-refractivity contribution >= 4 is 11.8 Å². The molecule has 0 radical (unpaired) electrons. The van der Waals surface area contributed by atoms with Crippen LogP contribution in [0.2, 0.25) is 0 Å². The predicted octanol–water partition coefficient (Wildman–Crippen LogP) is 2.52. The molecule has 0 unspecified atom stereocenters. The van der Waals surface area contributed by atoms with Crippen molar-refractivity contribution in [2.75, 3.05) is 31.7 Å². The second-order valence-corrected chi connectivity index (χ2v) is 7.19. The van der Waals surface area contributed by atoms with Crippen molar-refractivity contribution in [3.63, 3.8) is 0 Å². The number of aromatic nitrogens is 3. The number of carbonyl (C=O) groups excluding carboxylic acids is 1. The van der Waals surface area contributed by atoms with E-state index in [0.29, 0.717) is 30.3 Å². The lowest BCUT2D eigenvalue weighted by Crippen LogP contribution is -2.24. The average Bonchev–Trinajstić information content (AvgIpc) is 3.32. The standard InChI is InChI=1S/C20H26N4O4/c1-4-27-20(25)17-18(22-24-10-7-13(2)28-19(17)24)14-5-6-16(21-11-14)23-9-8-15(12-23)26-3/h5-6,11,13,15H,4,7-10,12H2,1-3H3/t13-,15-/m1/s1. The normalized spacial score (nSPS) is 21.3. The summed E-state index contributed by atoms with van der Waals surface area (Å²) < 4.78 is 18.4. The van der Waals surface area contributed by atoms with Gasteiger partial charge in [-0.15, -0.1) is 0 Å². The van der Waals surface area contributed by atoms with Crippen LogP contribution in [-0.2, 0) is 16.0 Å². The van der Waals surface area contributed by atoms with Crippen molar-refractivity contribution in [2.24, 2.45) is 0 Å². The van der Waals surface area contributed by atoms with E-state index in [4.69, 9.17) is 14.2 Å². The average molecular weight is 386 g/mol. The highest BCUT2D eigenvalue weighted by atomic mass is 16.5. The van der Waals surface area contributed by atoms with Crippen molar-refractivity contribution in [1.29, 1.82) is 0 Å². The highest BCUT2D eigenvalue weighted by Crippen LogP contribution is 2.35. The molecule has 0 aromatic carbocycles. The van der Waals surface area contributed by atoms with Crippen LogP contribution in [0.1, 0.15) is 37.0 Å². The summed E-state index contributed by atoms with van der Waals surface area (Å²) in [5.74, 6) is 0.966. The van der Waals surface area contributed by atoms with Gasteiger partial charge in [-0.2, -0.15) is 5.10 Å². The Morgan fingerprint density at radius 1 is 1.32 bits per heavy atom. The first kappa shape index (κ1) is 18.7. The molecule has 2 aliphatic heterocycles. The number of methoxy groups -OCH3 is 1. The van der Waals surface area contributed by atoms with Gasteiger partial charge >= 0.3 is 5.97 Å². The van der Waals surface area contributed by atoms with E-state index in [2.05, 4.69) is 15.0 Å². The smallest absolute Gasteiger partial charge is 0.345 e. The number of aryl methyl sites for hydroxylation is 1. The number of anilines is 1. The van der Waals surface area contributed by atoms with E-state index < -0.39 is 5.97 Å². The van der Waals surface area contributed by atoms with E-state index >= 15 is 0 Å². The molecule has 2 aliphatic rings. The van der Waals surface area contributed by atoms with Crippen LogP contribution in [-0.4, -0.2) is 59.7 Å². The van der Waals surface area contributed by atoms with Gasteiger partial charge in [0, 0.05) is 44.9 Å². The lowest BCUT2D eigenvalue weighted by atomic mass is 10.1. The Labute approximate surface area is 164 Å². The van der Waals surface area contributed by atoms with Crippen molar-refractivity contribution < 1.29 is 19.0 Å². The first-order chi connectivity index (χ1) is 13.6. The minimum absolute atomic E-state index is 0.0367. The highest BCUT2D eigenvalue weighted by Gasteiger charge is 2.31. The molecular weight excluding hydrogens is 360 g/mol. The van der Waals surface area contributed by atoms with E-state index in [1.807, 2.05) is 19.1 Å². The Bertz CT molecular complexity index is 849. The zero-order chi connectivity index (χ0) is 19.7. The first-order valence-corrected chi connectivity index (χ1v) is 9.79. The Morgan fingerprint density at radius 3 is 2.86 bits per heavy atom. The van der Waals surface area contributed by atoms with Gasteiger partial charge in [0.25, 0.3) is 0 Å². The summed E-state index contributed by atoms with van der Waals surface area (Å²) in [4.78, 5) is 19.4. The SMILES string of the molecule is CCOC(=O)c1c(-c2ccc(N3CC[C@@H](OC)C3)nc2)nn2c1O[C@H](C)CC2. The highest BCUT2D eigenvalue weighted by molar-refractivity contribution is 5.98. The molecule has 2 aromatic rings. The monoisotopic (exact) mass is 386 g/mol. The van der Waals surface area contributed by atoms with Gasteiger partial charge in [0.05, 0.1) is 18.8 Å². The second kappa shape index (κ2) is 7.79. The molecule has 0 N–H and O–H groups in total. The van der Waals surface area contributed by atoms with E-state index in [1.165, 1.54) is 0 Å². The summed E-state index contributed by atoms with van der Waals surface area (Å²) in [6, 6.07) is 3.91. The van der Waals surface area contributed by atoms with Crippen molar-refractivity contribution in [3.05, 3.63) is 23.9 Å². The zero-order valence-electron chi connectivity index (χ0n) is 16.6. The molecule has 8 nitrogen and oxygen atoms in total. The lowest BCUT2D eigenvalue weighted by Gasteiger charge is -2.21. The first-order valence-electron chi connectivity index (χ1n) is 9.79. The quantitative estimate of drug-likeness (QED) is 0.731. The van der Waals surface area contributed by atoms with Crippen LogP contribution in [0.5, 0.6) is 5.88 Å². The fourth-order valence-electron chi connectivity index (χ4n) is 3.70. The van der Waals surface area contributed by atoms with E-state index in [1.54, 1.807) is 24.9 Å². The van der Waals surface area contributed by atoms with Gasteiger partial charge in [0.2, 0.25) is 5.88 Å². The molecular formula is C20H26N4O4. The third kappa shape index (κ3) is 3.44. The lowest BCUT2D eigenvalue weighted by molar-refractivity contribution is 0.0515. The van der Waals surface area contributed by atoms with Gasteiger partial charge in [-0.1, -0.05) is 0 Å². The van der Waals surface area contributed by atoms with Crippen LogP contribution in [0.3, 0.4) is 0 Å². The molecule has 1 fully saturated rings. The fraction of sp³-hybridized carbons (Fsp3) is 0.550. The number of fused-ring (bicyclic) bond motifs is 1. The maximum Gasteiger partial charge on any atom is 0.345 e. The molecule has 8 heteroatoms. The molecule has 4 rings (SSSR count). The molecule has 2 atom stereocenters. The van der Waals surface area contributed by atoms with Crippen molar-refractivity contribution in [1.82, 2.24) is 14.8 Å². The maximum absolute atomic E-state index is 12.6. The Balaban J connectivity index is 1.66. The van der Waals surface area contributed by atoms with Crippen LogP contribution < -0.4 is 9.64 Å². The second-order valence-electron chi connectivity index (χ2n) is 7.19. The summed E-state index contributed by atoms with van der Waals surface area (Å²) in [6.45, 7) is 6.54. The zero-order valence-corrected chi connectivity index (χ0v) is 16.6. The van der Waals surface area contributed by atoms with E-state index in [-0.39, 0.29) is 12.2 Å². The van der Waals surface area contributed by atoms with Crippen molar-refractivity contribution in [3.8, 4) is 17.1 Å². The number of rotatable bonds is 5. The molecule has 0 bridgehead atoms. The van der Waals surface area contributed by atoms with Crippen molar-refractivity contribution in [2.45, 2.75) is 45.4 Å². The van der Waals surface area contributed by atoms with Crippen LogP contribution in [0, 0.1) is 0 Å². The third-order valence-corrected chi connectivity index (χ3v) is 5.27. The number of hydrogen-bond donors (Lipinski definition) is 0. The Hall–Kier alpha value is -2.61. The molecule has 0 saturated carbocycles. The number of ether oxygens (including phenoxy) is 3. The van der Waals surface area contributed by atoms with E-state index in [0.717, 1.165) is 37.3 Å². The number of esters is 1. The van der Waals surface area contributed by atoms with E-state index in [9.17, 15) is 4.79 Å². The molecule has 4 heterocycles. The van der Waals surface area contributed by atoms with Crippen LogP contribution in [0.25, 0.3) is 11.3 Å². The summed E-state index contributed by atoms with van der Waals surface area (Å²) >= 11 is 0. The molecule has 150 valence electrons. The Kier molecular flexibility index (Phi) is 5.21. The summed E-state index contributed by atoms with van der Waals surface area (Å²) in [6.07, 6.45) is 3.89. The minimum Gasteiger partial charge on any atom is -0.474 e. The topological polar surface area (TPSA) is 78.7 Å². The molecule has 0 aliphatic carbocycles. The summed E-state index contributed by atoms with van der Waals surface area (Å²) in [5.41, 5.74) is 1.70. The summed E-state index contributed by atoms with van der Waals surface area (Å²) in [7, 11) is 1.74. The van der Waals surface area contributed by atoms with Gasteiger partial charge in [-0.25, -0.2) is 14.5 Å². The number of carbonyl (C=O) groups is 1. The minimum atomic E-state index is -0.417. The van der Waals surface area contributed by atoms with Gasteiger partial charge in [-0.3, -0.25) is 0 Å². The maximum atomic E-state index is 12.6. The molecule has 28 heavy (non-hydrogen) atoms. The van der Waals surface area contributed by atoms with Gasteiger partial charge in [0.1, 0.15) is 17.1 Å². The molecule has 0 amide bonds. The Morgan fingerprint density at radius 2 is 2.18 bits per heavy atom. The molecule has 0 spiro atoms. The predicted molar refractivity (Wildman–Crippen MR) is 104 cm³/mol.